The van der Waals surface area contributed by atoms with Gasteiger partial charge in [0, 0.05) is 59.5 Å². The minimum atomic E-state index is -1.03. The smallest absolute Gasteiger partial charge is 0.248 e. The molecule has 2 unspecified atom stereocenters. The van der Waals surface area contributed by atoms with E-state index >= 15 is 0 Å². The summed E-state index contributed by atoms with van der Waals surface area (Å²) in [6.07, 6.45) is 4.52. The van der Waals surface area contributed by atoms with Crippen molar-refractivity contribution in [1.82, 2.24) is 19.6 Å². The molecule has 1 spiro atoms. The maximum atomic E-state index is 14.2. The second-order valence-corrected chi connectivity index (χ2v) is 10.2. The van der Waals surface area contributed by atoms with Gasteiger partial charge in [0.05, 0.1) is 31.2 Å². The number of ether oxygens (including phenoxy) is 2. The van der Waals surface area contributed by atoms with Crippen molar-refractivity contribution in [2.24, 2.45) is 11.8 Å². The van der Waals surface area contributed by atoms with E-state index in [1.807, 2.05) is 0 Å². The van der Waals surface area contributed by atoms with Gasteiger partial charge in [0.15, 0.2) is 0 Å². The zero-order valence-electron chi connectivity index (χ0n) is 21.3. The van der Waals surface area contributed by atoms with Gasteiger partial charge in [-0.1, -0.05) is 12.2 Å². The van der Waals surface area contributed by atoms with E-state index < -0.39 is 23.5 Å². The second kappa shape index (κ2) is 11.4. The Morgan fingerprint density at radius 2 is 1.89 bits per heavy atom. The number of carbonyl (C=O) groups is 3. The van der Waals surface area contributed by atoms with Gasteiger partial charge in [-0.2, -0.15) is 0 Å². The largest absolute Gasteiger partial charge is 0.396 e. The van der Waals surface area contributed by atoms with Crippen molar-refractivity contribution < 1.29 is 29.0 Å². The van der Waals surface area contributed by atoms with Crippen LogP contribution in [0.25, 0.3) is 0 Å². The summed E-state index contributed by atoms with van der Waals surface area (Å²) >= 11 is 0. The van der Waals surface area contributed by atoms with Crippen LogP contribution in [0.2, 0.25) is 0 Å². The van der Waals surface area contributed by atoms with E-state index in [0.717, 1.165) is 13.1 Å². The van der Waals surface area contributed by atoms with Gasteiger partial charge in [-0.25, -0.2) is 0 Å². The third-order valence-electron chi connectivity index (χ3n) is 8.11. The molecule has 4 fully saturated rings. The van der Waals surface area contributed by atoms with Crippen molar-refractivity contribution in [2.45, 2.75) is 37.0 Å². The highest BCUT2D eigenvalue weighted by molar-refractivity contribution is 5.99. The molecule has 4 aliphatic rings. The number of nitrogens with zero attached hydrogens (tertiary/aromatic N) is 4. The molecule has 1 N–H and O–H groups in total. The predicted molar refractivity (Wildman–Crippen MR) is 133 cm³/mol. The zero-order chi connectivity index (χ0) is 25.9. The number of carbonyl (C=O) groups excluding carboxylic acids is 3. The fourth-order valence-corrected chi connectivity index (χ4v) is 6.44. The van der Waals surface area contributed by atoms with Crippen molar-refractivity contribution in [3.63, 3.8) is 0 Å². The lowest BCUT2D eigenvalue weighted by Crippen LogP contribution is -2.57. The number of morpholine rings is 1. The lowest BCUT2D eigenvalue weighted by Gasteiger charge is -2.37. The van der Waals surface area contributed by atoms with E-state index in [9.17, 15) is 19.5 Å². The van der Waals surface area contributed by atoms with E-state index in [0.29, 0.717) is 58.7 Å². The number of hydrogen-bond acceptors (Lipinski definition) is 7. The van der Waals surface area contributed by atoms with E-state index in [4.69, 9.17) is 9.47 Å². The molecular formula is C26H40N4O6. The fraction of sp³-hybridized carbons (Fsp3) is 0.731. The predicted octanol–water partition coefficient (Wildman–Crippen LogP) is -0.265. The molecule has 3 amide bonds. The molecule has 4 rings (SSSR count). The number of hydrogen-bond donors (Lipinski definition) is 1. The van der Waals surface area contributed by atoms with Crippen LogP contribution >= 0.6 is 0 Å². The standard InChI is InChI=1S/C26H40N4O6/c1-4-9-27(3)23(32)20-19-7-8-26(36-19)21(20)24(33)30(11-6-16-31)22(26)25(34)29(10-5-2)13-12-28-14-17-35-18-15-28/h4-5,19-22,31H,1-2,6-18H2,3H3/t19-,20+,21+,22?,26?/m1/s1. The van der Waals surface area contributed by atoms with Crippen LogP contribution in [0, 0.1) is 11.8 Å². The number of fused-ring (bicyclic) bond motifs is 1. The number of amides is 3. The monoisotopic (exact) mass is 504 g/mol. The molecular weight excluding hydrogens is 464 g/mol. The Balaban J connectivity index is 1.61. The number of aliphatic hydroxyl groups excluding tert-OH is 1. The van der Waals surface area contributed by atoms with Gasteiger partial charge >= 0.3 is 0 Å². The summed E-state index contributed by atoms with van der Waals surface area (Å²) in [5.74, 6) is -1.86. The summed E-state index contributed by atoms with van der Waals surface area (Å²) in [5, 5.41) is 9.50. The summed E-state index contributed by atoms with van der Waals surface area (Å²) in [5.41, 5.74) is -1.03. The molecule has 10 heteroatoms. The minimum Gasteiger partial charge on any atom is -0.396 e. The molecule has 36 heavy (non-hydrogen) atoms. The highest BCUT2D eigenvalue weighted by Gasteiger charge is 2.74. The Morgan fingerprint density at radius 1 is 1.17 bits per heavy atom. The summed E-state index contributed by atoms with van der Waals surface area (Å²) in [6.45, 7) is 12.6. The van der Waals surface area contributed by atoms with Crippen LogP contribution in [0.3, 0.4) is 0 Å². The average Bonchev–Trinajstić information content (AvgIpc) is 3.52. The van der Waals surface area contributed by atoms with Gasteiger partial charge < -0.3 is 29.3 Å². The SMILES string of the molecule is C=CCN(C)C(=O)[C@@H]1[C@H]2C(=O)N(CCCO)C(C(=O)N(CC=C)CCN3CCOCC3)C23CC[C@H]1O3. The van der Waals surface area contributed by atoms with E-state index in [2.05, 4.69) is 18.1 Å². The maximum absolute atomic E-state index is 14.2. The molecule has 10 nitrogen and oxygen atoms in total. The number of aliphatic hydroxyl groups is 1. The van der Waals surface area contributed by atoms with Gasteiger partial charge in [0.2, 0.25) is 17.7 Å². The molecule has 4 saturated heterocycles. The van der Waals surface area contributed by atoms with Crippen LogP contribution in [-0.2, 0) is 23.9 Å². The highest BCUT2D eigenvalue weighted by atomic mass is 16.5. The molecule has 5 atom stereocenters. The molecule has 4 aliphatic heterocycles. The van der Waals surface area contributed by atoms with E-state index in [1.54, 1.807) is 33.9 Å². The lowest BCUT2D eigenvalue weighted by atomic mass is 9.70. The normalized spacial score (nSPS) is 31.4. The topological polar surface area (TPSA) is 103 Å². The summed E-state index contributed by atoms with van der Waals surface area (Å²) in [4.78, 5) is 48.5. The first-order chi connectivity index (χ1) is 17.4. The first kappa shape index (κ1) is 26.8. The molecule has 0 aliphatic carbocycles. The Kier molecular flexibility index (Phi) is 8.49. The summed E-state index contributed by atoms with van der Waals surface area (Å²) in [6, 6.07) is -0.821. The van der Waals surface area contributed by atoms with Crippen LogP contribution in [0.5, 0.6) is 0 Å². The van der Waals surface area contributed by atoms with Gasteiger partial charge in [0.1, 0.15) is 11.6 Å². The van der Waals surface area contributed by atoms with Crippen LogP contribution in [0.4, 0.5) is 0 Å². The Labute approximate surface area is 213 Å². The molecule has 4 heterocycles. The van der Waals surface area contributed by atoms with E-state index in [1.165, 1.54) is 0 Å². The molecule has 0 aromatic heterocycles. The van der Waals surface area contributed by atoms with Crippen molar-refractivity contribution in [1.29, 1.82) is 0 Å². The zero-order valence-corrected chi connectivity index (χ0v) is 21.3. The van der Waals surface area contributed by atoms with Gasteiger partial charge in [0.25, 0.3) is 0 Å². The molecule has 2 bridgehead atoms. The van der Waals surface area contributed by atoms with Crippen molar-refractivity contribution in [2.75, 3.05) is 72.7 Å². The molecule has 0 aromatic rings. The third kappa shape index (κ3) is 4.71. The number of likely N-dealkylation sites (N-methyl/N-ethyl adjacent to an activating group) is 1. The summed E-state index contributed by atoms with van der Waals surface area (Å²) < 4.78 is 11.9. The third-order valence-corrected chi connectivity index (χ3v) is 8.11. The van der Waals surface area contributed by atoms with Gasteiger partial charge in [-0.3, -0.25) is 19.3 Å². The summed E-state index contributed by atoms with van der Waals surface area (Å²) in [7, 11) is 1.70. The highest BCUT2D eigenvalue weighted by Crippen LogP contribution is 2.58. The maximum Gasteiger partial charge on any atom is 0.248 e. The number of rotatable bonds is 12. The second-order valence-electron chi connectivity index (χ2n) is 10.2. The molecule has 0 saturated carbocycles. The first-order valence-corrected chi connectivity index (χ1v) is 13.0. The Hall–Kier alpha value is -2.27. The van der Waals surface area contributed by atoms with Crippen LogP contribution in [0.15, 0.2) is 25.3 Å². The van der Waals surface area contributed by atoms with Crippen LogP contribution < -0.4 is 0 Å². The van der Waals surface area contributed by atoms with Crippen LogP contribution in [-0.4, -0.2) is 133 Å². The van der Waals surface area contributed by atoms with Crippen molar-refractivity contribution in [3.05, 3.63) is 25.3 Å². The van der Waals surface area contributed by atoms with Crippen molar-refractivity contribution >= 4 is 17.7 Å². The Morgan fingerprint density at radius 3 is 2.56 bits per heavy atom. The van der Waals surface area contributed by atoms with Gasteiger partial charge in [-0.05, 0) is 19.3 Å². The van der Waals surface area contributed by atoms with Gasteiger partial charge in [-0.15, -0.1) is 13.2 Å². The first-order valence-electron chi connectivity index (χ1n) is 13.0. The van der Waals surface area contributed by atoms with Crippen molar-refractivity contribution in [3.8, 4) is 0 Å². The molecule has 200 valence electrons. The average molecular weight is 505 g/mol. The molecule has 0 aromatic carbocycles. The molecule has 0 radical (unpaired) electrons. The Bertz CT molecular complexity index is 861. The number of likely N-dealkylation sites (tertiary alicyclic amines) is 1. The minimum absolute atomic E-state index is 0.0936. The van der Waals surface area contributed by atoms with E-state index in [-0.39, 0.29) is 37.0 Å². The van der Waals surface area contributed by atoms with Crippen LogP contribution in [0.1, 0.15) is 19.3 Å². The lowest BCUT2D eigenvalue weighted by molar-refractivity contribution is -0.148. The fourth-order valence-electron chi connectivity index (χ4n) is 6.44. The quantitative estimate of drug-likeness (QED) is 0.365.